The molecule has 1 aromatic carbocycles. The molecule has 0 saturated carbocycles. The first-order chi connectivity index (χ1) is 10.4. The first-order valence-corrected chi connectivity index (χ1v) is 7.03. The van der Waals surface area contributed by atoms with Gasteiger partial charge in [0, 0.05) is 12.1 Å². The summed E-state index contributed by atoms with van der Waals surface area (Å²) >= 11 is 11.9. The van der Waals surface area contributed by atoms with E-state index in [4.69, 9.17) is 23.2 Å². The highest BCUT2D eigenvalue weighted by Crippen LogP contribution is 2.34. The second-order valence-electron chi connectivity index (χ2n) is 4.60. The number of hydrogen-bond donors (Lipinski definition) is 2. The molecular formula is C14H12Cl2N2O4. The topological polar surface area (TPSA) is 86.7 Å². The Morgan fingerprint density at radius 1 is 1.36 bits per heavy atom. The minimum absolute atomic E-state index is 0.0458. The lowest BCUT2D eigenvalue weighted by Crippen LogP contribution is -2.59. The Morgan fingerprint density at radius 2 is 2.05 bits per heavy atom. The van der Waals surface area contributed by atoms with Gasteiger partial charge in [0.25, 0.3) is 0 Å². The SMILES string of the molecule is C=CCN1C(=O)NC(=O)[C@H]([C@@H](O)c2cccc(Cl)c2Cl)C1=O. The molecule has 0 unspecified atom stereocenters. The maximum Gasteiger partial charge on any atom is 0.331 e. The summed E-state index contributed by atoms with van der Waals surface area (Å²) in [7, 11) is 0. The van der Waals surface area contributed by atoms with Crippen molar-refractivity contribution in [3.63, 3.8) is 0 Å². The van der Waals surface area contributed by atoms with Gasteiger partial charge in [0.2, 0.25) is 11.8 Å². The molecule has 22 heavy (non-hydrogen) atoms. The molecule has 8 heteroatoms. The summed E-state index contributed by atoms with van der Waals surface area (Å²) in [5.74, 6) is -3.20. The zero-order valence-corrected chi connectivity index (χ0v) is 12.8. The number of urea groups is 1. The highest BCUT2D eigenvalue weighted by molar-refractivity contribution is 6.42. The number of carbonyl (C=O) groups excluding carboxylic acids is 3. The number of halogens is 2. The second kappa shape index (κ2) is 6.48. The predicted octanol–water partition coefficient (Wildman–Crippen LogP) is 1.91. The van der Waals surface area contributed by atoms with Crippen molar-refractivity contribution in [2.24, 2.45) is 5.92 Å². The lowest BCUT2D eigenvalue weighted by Gasteiger charge is -2.32. The van der Waals surface area contributed by atoms with Gasteiger partial charge in [0.1, 0.15) is 12.0 Å². The molecule has 116 valence electrons. The molecule has 6 nitrogen and oxygen atoms in total. The van der Waals surface area contributed by atoms with E-state index in [0.29, 0.717) is 0 Å². The summed E-state index contributed by atoms with van der Waals surface area (Å²) < 4.78 is 0. The molecule has 2 atom stereocenters. The molecule has 2 rings (SSSR count). The van der Waals surface area contributed by atoms with Gasteiger partial charge in [0.15, 0.2) is 0 Å². The minimum Gasteiger partial charge on any atom is -0.387 e. The maximum atomic E-state index is 12.3. The van der Waals surface area contributed by atoms with Gasteiger partial charge in [-0.25, -0.2) is 4.79 Å². The molecule has 1 heterocycles. The fourth-order valence-corrected chi connectivity index (χ4v) is 2.56. The van der Waals surface area contributed by atoms with Gasteiger partial charge in [-0.3, -0.25) is 19.8 Å². The summed E-state index contributed by atoms with van der Waals surface area (Å²) in [4.78, 5) is 36.7. The summed E-state index contributed by atoms with van der Waals surface area (Å²) in [6, 6.07) is 3.64. The molecule has 1 saturated heterocycles. The van der Waals surface area contributed by atoms with Crippen molar-refractivity contribution >= 4 is 41.0 Å². The molecule has 0 spiro atoms. The number of rotatable bonds is 4. The quantitative estimate of drug-likeness (QED) is 0.646. The Hall–Kier alpha value is -1.89. The third-order valence-electron chi connectivity index (χ3n) is 3.22. The third kappa shape index (κ3) is 2.85. The second-order valence-corrected chi connectivity index (χ2v) is 5.38. The minimum atomic E-state index is -1.53. The molecule has 1 aliphatic heterocycles. The van der Waals surface area contributed by atoms with Crippen LogP contribution in [-0.2, 0) is 9.59 Å². The molecule has 0 aliphatic carbocycles. The van der Waals surface area contributed by atoms with Crippen molar-refractivity contribution in [2.75, 3.05) is 6.54 Å². The number of aliphatic hydroxyl groups is 1. The van der Waals surface area contributed by atoms with E-state index < -0.39 is 29.9 Å². The van der Waals surface area contributed by atoms with Crippen LogP contribution in [0.2, 0.25) is 10.0 Å². The van der Waals surface area contributed by atoms with E-state index in [0.717, 1.165) is 4.90 Å². The van der Waals surface area contributed by atoms with Gasteiger partial charge in [-0.15, -0.1) is 6.58 Å². The van der Waals surface area contributed by atoms with Crippen LogP contribution in [0.5, 0.6) is 0 Å². The van der Waals surface area contributed by atoms with Gasteiger partial charge in [-0.2, -0.15) is 0 Å². The molecule has 1 fully saturated rings. The van der Waals surface area contributed by atoms with Crippen molar-refractivity contribution in [3.8, 4) is 0 Å². The number of imide groups is 2. The van der Waals surface area contributed by atoms with Gasteiger partial charge < -0.3 is 5.11 Å². The first kappa shape index (κ1) is 16.5. The van der Waals surface area contributed by atoms with Crippen molar-refractivity contribution in [1.29, 1.82) is 0 Å². The smallest absolute Gasteiger partial charge is 0.331 e. The summed E-state index contributed by atoms with van der Waals surface area (Å²) in [6.07, 6.45) is -0.192. The van der Waals surface area contributed by atoms with E-state index in [2.05, 4.69) is 6.58 Å². The molecule has 0 bridgehead atoms. The Labute approximate surface area is 136 Å². The summed E-state index contributed by atoms with van der Waals surface area (Å²) in [5, 5.41) is 12.6. The van der Waals surface area contributed by atoms with Crippen LogP contribution in [0.25, 0.3) is 0 Å². The number of nitrogens with zero attached hydrogens (tertiary/aromatic N) is 1. The number of nitrogens with one attached hydrogen (secondary N) is 1. The molecule has 1 aromatic rings. The number of barbiturate groups is 1. The predicted molar refractivity (Wildman–Crippen MR) is 80.4 cm³/mol. The van der Waals surface area contributed by atoms with E-state index in [1.807, 2.05) is 5.32 Å². The summed E-state index contributed by atoms with van der Waals surface area (Å²) in [5.41, 5.74) is 0.135. The molecule has 0 radical (unpaired) electrons. The van der Waals surface area contributed by atoms with Crippen molar-refractivity contribution in [1.82, 2.24) is 10.2 Å². The van der Waals surface area contributed by atoms with Crippen molar-refractivity contribution < 1.29 is 19.5 Å². The van der Waals surface area contributed by atoms with E-state index in [-0.39, 0.29) is 22.2 Å². The van der Waals surface area contributed by atoms with Crippen molar-refractivity contribution in [3.05, 3.63) is 46.5 Å². The third-order valence-corrected chi connectivity index (χ3v) is 4.05. The molecule has 1 aliphatic rings. The molecule has 4 amide bonds. The normalized spacial score (nSPS) is 19.9. The number of amides is 4. The molecule has 0 aromatic heterocycles. The van der Waals surface area contributed by atoms with Gasteiger partial charge in [-0.1, -0.05) is 41.4 Å². The Bertz CT molecular complexity index is 662. The van der Waals surface area contributed by atoms with Gasteiger partial charge in [-0.05, 0) is 6.07 Å². The highest BCUT2D eigenvalue weighted by Gasteiger charge is 2.45. The van der Waals surface area contributed by atoms with Crippen LogP contribution in [0.15, 0.2) is 30.9 Å². The number of carbonyl (C=O) groups is 3. The van der Waals surface area contributed by atoms with Gasteiger partial charge >= 0.3 is 6.03 Å². The summed E-state index contributed by atoms with van der Waals surface area (Å²) in [6.45, 7) is 3.36. The number of aliphatic hydroxyl groups excluding tert-OH is 1. The Balaban J connectivity index is 2.38. The monoisotopic (exact) mass is 342 g/mol. The van der Waals surface area contributed by atoms with Crippen LogP contribution in [0.1, 0.15) is 11.7 Å². The van der Waals surface area contributed by atoms with E-state index in [9.17, 15) is 19.5 Å². The zero-order valence-electron chi connectivity index (χ0n) is 11.3. The molecular weight excluding hydrogens is 331 g/mol. The fourth-order valence-electron chi connectivity index (χ4n) is 2.14. The number of hydrogen-bond acceptors (Lipinski definition) is 4. The van der Waals surface area contributed by atoms with Crippen LogP contribution < -0.4 is 5.32 Å². The van der Waals surface area contributed by atoms with E-state index >= 15 is 0 Å². The highest BCUT2D eigenvalue weighted by atomic mass is 35.5. The zero-order chi connectivity index (χ0) is 16.4. The lowest BCUT2D eigenvalue weighted by molar-refractivity contribution is -0.147. The molecule has 2 N–H and O–H groups in total. The van der Waals surface area contributed by atoms with Crippen LogP contribution in [-0.4, -0.2) is 34.4 Å². The van der Waals surface area contributed by atoms with Crippen LogP contribution in [0.4, 0.5) is 4.79 Å². The Morgan fingerprint density at radius 3 is 2.68 bits per heavy atom. The van der Waals surface area contributed by atoms with Crippen LogP contribution in [0.3, 0.4) is 0 Å². The van der Waals surface area contributed by atoms with Crippen LogP contribution >= 0.6 is 23.2 Å². The Kier molecular flexibility index (Phi) is 4.85. The average molecular weight is 343 g/mol. The maximum absolute atomic E-state index is 12.3. The number of benzene rings is 1. The van der Waals surface area contributed by atoms with E-state index in [1.165, 1.54) is 24.3 Å². The fraction of sp³-hybridized carbons (Fsp3) is 0.214. The lowest BCUT2D eigenvalue weighted by atomic mass is 9.92. The van der Waals surface area contributed by atoms with E-state index in [1.54, 1.807) is 0 Å². The van der Waals surface area contributed by atoms with Crippen LogP contribution in [0, 0.1) is 5.92 Å². The average Bonchev–Trinajstić information content (AvgIpc) is 2.46. The van der Waals surface area contributed by atoms with Gasteiger partial charge in [0.05, 0.1) is 10.0 Å². The standard InChI is InChI=1S/C14H12Cl2N2O4/c1-2-6-18-13(21)9(12(20)17-14(18)22)11(19)7-4-3-5-8(15)10(7)16/h2-5,9,11,19H,1,6H2,(H,17,20,22)/t9-,11-/m0/s1. The first-order valence-electron chi connectivity index (χ1n) is 6.27. The van der Waals surface area contributed by atoms with Crippen molar-refractivity contribution in [2.45, 2.75) is 6.10 Å². The largest absolute Gasteiger partial charge is 0.387 e.